The van der Waals surface area contributed by atoms with Crippen LogP contribution in [0.15, 0.2) is 35.1 Å². The summed E-state index contributed by atoms with van der Waals surface area (Å²) in [6, 6.07) is 5.65. The maximum absolute atomic E-state index is 11.7. The number of amides is 1. The van der Waals surface area contributed by atoms with Crippen molar-refractivity contribution in [3.63, 3.8) is 0 Å². The normalized spacial score (nSPS) is 10.2. The summed E-state index contributed by atoms with van der Waals surface area (Å²) in [6.07, 6.45) is 3.18. The van der Waals surface area contributed by atoms with Crippen molar-refractivity contribution in [1.82, 2.24) is 15.0 Å². The van der Waals surface area contributed by atoms with Crippen molar-refractivity contribution in [1.29, 1.82) is 0 Å². The van der Waals surface area contributed by atoms with Gasteiger partial charge in [0, 0.05) is 16.4 Å². The van der Waals surface area contributed by atoms with E-state index in [9.17, 15) is 4.79 Å². The zero-order valence-corrected chi connectivity index (χ0v) is 10.8. The lowest BCUT2D eigenvalue weighted by Crippen LogP contribution is -2.19. The molecule has 5 nitrogen and oxygen atoms in total. The van der Waals surface area contributed by atoms with Crippen LogP contribution >= 0.6 is 15.9 Å². The van der Waals surface area contributed by atoms with Crippen LogP contribution in [0.5, 0.6) is 0 Å². The van der Waals surface area contributed by atoms with Gasteiger partial charge < -0.3 is 5.32 Å². The van der Waals surface area contributed by atoms with Crippen molar-refractivity contribution in [2.24, 2.45) is 0 Å². The molecule has 0 saturated carbocycles. The van der Waals surface area contributed by atoms with Gasteiger partial charge in [-0.25, -0.2) is 4.68 Å². The topological polar surface area (TPSA) is 59.8 Å². The standard InChI is InChI=1S/C11H11BrN4O/c1-8-6-9(2-3-10(8)12)14-11(17)7-16-5-4-13-15-16/h2-6H,7H2,1H3,(H,14,17). The summed E-state index contributed by atoms with van der Waals surface area (Å²) in [6.45, 7) is 2.13. The van der Waals surface area contributed by atoms with E-state index in [-0.39, 0.29) is 12.5 Å². The van der Waals surface area contributed by atoms with Gasteiger partial charge in [-0.05, 0) is 30.7 Å². The molecule has 1 amide bonds. The minimum absolute atomic E-state index is 0.128. The van der Waals surface area contributed by atoms with Gasteiger partial charge in [0.05, 0.1) is 6.20 Å². The van der Waals surface area contributed by atoms with E-state index in [1.54, 1.807) is 6.20 Å². The van der Waals surface area contributed by atoms with Gasteiger partial charge in [-0.3, -0.25) is 4.79 Å². The number of halogens is 1. The Balaban J connectivity index is 2.00. The summed E-state index contributed by atoms with van der Waals surface area (Å²) in [5.74, 6) is -0.128. The number of hydrogen-bond donors (Lipinski definition) is 1. The Morgan fingerprint density at radius 3 is 3.00 bits per heavy atom. The Morgan fingerprint density at radius 1 is 1.53 bits per heavy atom. The van der Waals surface area contributed by atoms with Crippen molar-refractivity contribution in [3.05, 3.63) is 40.6 Å². The molecule has 0 aliphatic carbocycles. The molecule has 1 N–H and O–H groups in total. The maximum atomic E-state index is 11.7. The van der Waals surface area contributed by atoms with Gasteiger partial charge in [0.1, 0.15) is 6.54 Å². The van der Waals surface area contributed by atoms with E-state index in [0.29, 0.717) is 0 Å². The second-order valence-corrected chi connectivity index (χ2v) is 4.47. The monoisotopic (exact) mass is 294 g/mol. The first-order valence-corrected chi connectivity index (χ1v) is 5.84. The highest BCUT2D eigenvalue weighted by Gasteiger charge is 2.04. The molecule has 0 atom stereocenters. The number of nitrogens with zero attached hydrogens (tertiary/aromatic N) is 3. The molecule has 0 aliphatic heterocycles. The third-order valence-electron chi connectivity index (χ3n) is 2.22. The smallest absolute Gasteiger partial charge is 0.246 e. The molecular formula is C11H11BrN4O. The van der Waals surface area contributed by atoms with Crippen LogP contribution in [-0.4, -0.2) is 20.9 Å². The van der Waals surface area contributed by atoms with Crippen molar-refractivity contribution < 1.29 is 4.79 Å². The van der Waals surface area contributed by atoms with E-state index in [1.165, 1.54) is 10.9 Å². The van der Waals surface area contributed by atoms with E-state index in [0.717, 1.165) is 15.7 Å². The number of carbonyl (C=O) groups is 1. The summed E-state index contributed by atoms with van der Waals surface area (Å²) in [4.78, 5) is 11.7. The summed E-state index contributed by atoms with van der Waals surface area (Å²) in [7, 11) is 0. The van der Waals surface area contributed by atoms with Crippen molar-refractivity contribution in [3.8, 4) is 0 Å². The molecule has 1 heterocycles. The van der Waals surface area contributed by atoms with Gasteiger partial charge in [-0.15, -0.1) is 5.10 Å². The van der Waals surface area contributed by atoms with Crippen LogP contribution in [0.4, 0.5) is 5.69 Å². The lowest BCUT2D eigenvalue weighted by molar-refractivity contribution is -0.116. The molecule has 2 rings (SSSR count). The van der Waals surface area contributed by atoms with Gasteiger partial charge >= 0.3 is 0 Å². The number of aromatic nitrogens is 3. The minimum atomic E-state index is -0.128. The number of hydrogen-bond acceptors (Lipinski definition) is 3. The molecule has 0 fully saturated rings. The Hall–Kier alpha value is -1.69. The van der Waals surface area contributed by atoms with Crippen LogP contribution < -0.4 is 5.32 Å². The van der Waals surface area contributed by atoms with Gasteiger partial charge in [0.15, 0.2) is 0 Å². The fourth-order valence-corrected chi connectivity index (χ4v) is 1.63. The molecule has 17 heavy (non-hydrogen) atoms. The Morgan fingerprint density at radius 2 is 2.35 bits per heavy atom. The van der Waals surface area contributed by atoms with Gasteiger partial charge in [0.2, 0.25) is 5.91 Å². The van der Waals surface area contributed by atoms with E-state index >= 15 is 0 Å². The first-order chi connectivity index (χ1) is 8.15. The largest absolute Gasteiger partial charge is 0.324 e. The van der Waals surface area contributed by atoms with Crippen LogP contribution in [0.3, 0.4) is 0 Å². The van der Waals surface area contributed by atoms with E-state index in [1.807, 2.05) is 25.1 Å². The van der Waals surface area contributed by atoms with E-state index < -0.39 is 0 Å². The number of aryl methyl sites for hydroxylation is 1. The Kier molecular flexibility index (Phi) is 3.53. The molecule has 2 aromatic rings. The first kappa shape index (κ1) is 11.8. The highest BCUT2D eigenvalue weighted by atomic mass is 79.9. The molecule has 0 bridgehead atoms. The molecule has 1 aromatic heterocycles. The number of carbonyl (C=O) groups excluding carboxylic acids is 1. The third-order valence-corrected chi connectivity index (χ3v) is 3.11. The fourth-order valence-electron chi connectivity index (χ4n) is 1.39. The number of nitrogens with one attached hydrogen (secondary N) is 1. The molecule has 0 saturated heterocycles. The molecule has 0 unspecified atom stereocenters. The second kappa shape index (κ2) is 5.09. The summed E-state index contributed by atoms with van der Waals surface area (Å²) < 4.78 is 2.49. The van der Waals surface area contributed by atoms with E-state index in [4.69, 9.17) is 0 Å². The predicted octanol–water partition coefficient (Wildman–Crippen LogP) is 1.99. The molecule has 6 heteroatoms. The fraction of sp³-hybridized carbons (Fsp3) is 0.182. The zero-order chi connectivity index (χ0) is 12.3. The lowest BCUT2D eigenvalue weighted by Gasteiger charge is -2.06. The van der Waals surface area contributed by atoms with Crippen LogP contribution in [0.2, 0.25) is 0 Å². The summed E-state index contributed by atoms with van der Waals surface area (Å²) in [5.41, 5.74) is 1.85. The van der Waals surface area contributed by atoms with Gasteiger partial charge in [0.25, 0.3) is 0 Å². The summed E-state index contributed by atoms with van der Waals surface area (Å²) >= 11 is 3.41. The number of rotatable bonds is 3. The van der Waals surface area contributed by atoms with E-state index in [2.05, 4.69) is 31.6 Å². The molecule has 88 valence electrons. The highest BCUT2D eigenvalue weighted by Crippen LogP contribution is 2.19. The SMILES string of the molecule is Cc1cc(NC(=O)Cn2ccnn2)ccc1Br. The van der Waals surface area contributed by atoms with Crippen LogP contribution in [0.25, 0.3) is 0 Å². The lowest BCUT2D eigenvalue weighted by atomic mass is 10.2. The average molecular weight is 295 g/mol. The van der Waals surface area contributed by atoms with Gasteiger partial charge in [-0.1, -0.05) is 21.1 Å². The Labute approximate surface area is 107 Å². The Bertz CT molecular complexity index is 524. The van der Waals surface area contributed by atoms with Crippen molar-refractivity contribution in [2.45, 2.75) is 13.5 Å². The molecule has 0 spiro atoms. The minimum Gasteiger partial charge on any atom is -0.324 e. The number of anilines is 1. The average Bonchev–Trinajstić information content (AvgIpc) is 2.76. The molecule has 0 aliphatic rings. The molecule has 0 radical (unpaired) electrons. The highest BCUT2D eigenvalue weighted by molar-refractivity contribution is 9.10. The van der Waals surface area contributed by atoms with Crippen LogP contribution in [-0.2, 0) is 11.3 Å². The van der Waals surface area contributed by atoms with Gasteiger partial charge in [-0.2, -0.15) is 0 Å². The number of benzene rings is 1. The van der Waals surface area contributed by atoms with Crippen LogP contribution in [0.1, 0.15) is 5.56 Å². The first-order valence-electron chi connectivity index (χ1n) is 5.05. The molecular weight excluding hydrogens is 284 g/mol. The molecule has 1 aromatic carbocycles. The van der Waals surface area contributed by atoms with Crippen molar-refractivity contribution in [2.75, 3.05) is 5.32 Å². The van der Waals surface area contributed by atoms with Crippen LogP contribution in [0, 0.1) is 6.92 Å². The second-order valence-electron chi connectivity index (χ2n) is 3.61. The maximum Gasteiger partial charge on any atom is 0.246 e. The predicted molar refractivity (Wildman–Crippen MR) is 67.5 cm³/mol. The summed E-state index contributed by atoms with van der Waals surface area (Å²) in [5, 5.41) is 10.2. The van der Waals surface area contributed by atoms with Crippen molar-refractivity contribution >= 4 is 27.5 Å². The quantitative estimate of drug-likeness (QED) is 0.942. The third kappa shape index (κ3) is 3.13. The zero-order valence-electron chi connectivity index (χ0n) is 9.22.